The third-order valence-corrected chi connectivity index (χ3v) is 16.0. The van der Waals surface area contributed by atoms with Crippen LogP contribution in [0, 0.1) is 23.7 Å². The Morgan fingerprint density at radius 3 is 1.17 bits per heavy atom. The largest absolute Gasteiger partial charge is 0.495 e. The summed E-state index contributed by atoms with van der Waals surface area (Å²) in [6, 6.07) is 11.5. The van der Waals surface area contributed by atoms with E-state index in [9.17, 15) is 0 Å². The van der Waals surface area contributed by atoms with Gasteiger partial charge in [0.15, 0.2) is 0 Å². The van der Waals surface area contributed by atoms with Crippen LogP contribution in [0.15, 0.2) is 24.3 Å². The Hall–Kier alpha value is -5.20. The molecule has 0 unspecified atom stereocenters. The fourth-order valence-electron chi connectivity index (χ4n) is 10.9. The van der Waals surface area contributed by atoms with Crippen LogP contribution in [0.2, 0.25) is 0 Å². The Balaban J connectivity index is 0.000000221. The van der Waals surface area contributed by atoms with Crippen molar-refractivity contribution in [2.24, 2.45) is 0 Å². The van der Waals surface area contributed by atoms with Crippen molar-refractivity contribution >= 4 is 45.3 Å². The van der Waals surface area contributed by atoms with Crippen molar-refractivity contribution in [3.63, 3.8) is 0 Å². The van der Waals surface area contributed by atoms with Gasteiger partial charge in [-0.15, -0.1) is 0 Å². The van der Waals surface area contributed by atoms with Crippen LogP contribution in [0.3, 0.4) is 0 Å². The SMILES string of the molecule is COc1cc2c(NC3CCN(C(C)C)CC3)nc(N3CCC(N(C)C)CC3)nc2cc1C#CCCN(C)C.COc1cc2c(NC3CCN(C(C)C)CC3)nc(N3CCC(N(C)C)CC3)nc2cc1C#CCCN(C)C. The summed E-state index contributed by atoms with van der Waals surface area (Å²) in [6.45, 7) is 19.3. The predicted molar refractivity (Wildman–Crippen MR) is 317 cm³/mol. The van der Waals surface area contributed by atoms with Gasteiger partial charge in [-0.2, -0.15) is 9.97 Å². The highest BCUT2D eigenvalue weighted by Gasteiger charge is 2.28. The summed E-state index contributed by atoms with van der Waals surface area (Å²) in [5.74, 6) is 18.3. The molecule has 0 aliphatic carbocycles. The lowest BCUT2D eigenvalue weighted by atomic mass is 10.0. The number of aromatic nitrogens is 4. The summed E-state index contributed by atoms with van der Waals surface area (Å²) in [4.78, 5) is 39.2. The standard InChI is InChI=1S/2C30H47N7O/c2*1-22(2)36-16-11-24(12-17-36)31-29-26-21-28(38-7)23(10-8-9-15-34(3)4)20-27(26)32-30(33-29)37-18-13-25(14-19-37)35(5)6/h2*20-22,24-25H,9,11-19H2,1-7H3,(H,31,32,33). The molecule has 4 aliphatic heterocycles. The number of hydrogen-bond acceptors (Lipinski definition) is 16. The van der Waals surface area contributed by atoms with Crippen molar-refractivity contribution < 1.29 is 9.47 Å². The van der Waals surface area contributed by atoms with E-state index in [4.69, 9.17) is 29.4 Å². The molecule has 0 atom stereocenters. The lowest BCUT2D eigenvalue weighted by molar-refractivity contribution is 0.177. The molecule has 2 aromatic carbocycles. The number of benzene rings is 2. The van der Waals surface area contributed by atoms with E-state index in [1.807, 2.05) is 0 Å². The molecule has 0 radical (unpaired) electrons. The van der Waals surface area contributed by atoms with Gasteiger partial charge in [-0.05, 0) is 160 Å². The molecule has 8 rings (SSSR count). The predicted octanol–water partition coefficient (Wildman–Crippen LogP) is 7.51. The number of fused-ring (bicyclic) bond motifs is 2. The van der Waals surface area contributed by atoms with Gasteiger partial charge in [0, 0.05) is 125 Å². The second-order valence-electron chi connectivity index (χ2n) is 23.1. The Labute approximate surface area is 457 Å². The molecule has 76 heavy (non-hydrogen) atoms. The Morgan fingerprint density at radius 1 is 0.513 bits per heavy atom. The van der Waals surface area contributed by atoms with E-state index >= 15 is 0 Å². The van der Waals surface area contributed by atoms with E-state index in [2.05, 4.69) is 182 Å². The second-order valence-corrected chi connectivity index (χ2v) is 23.1. The van der Waals surface area contributed by atoms with Crippen molar-refractivity contribution in [2.75, 3.05) is 156 Å². The van der Waals surface area contributed by atoms with Crippen molar-refractivity contribution in [1.29, 1.82) is 0 Å². The van der Waals surface area contributed by atoms with Crippen LogP contribution in [0.5, 0.6) is 11.5 Å². The van der Waals surface area contributed by atoms with Crippen LogP contribution in [-0.4, -0.2) is 222 Å². The minimum absolute atomic E-state index is 0.395. The maximum atomic E-state index is 5.78. The van der Waals surface area contributed by atoms with Crippen molar-refractivity contribution in [1.82, 2.24) is 49.3 Å². The number of methoxy groups -OCH3 is 2. The summed E-state index contributed by atoms with van der Waals surface area (Å²) in [6.07, 6.45) is 10.6. The molecule has 0 bridgehead atoms. The van der Waals surface area contributed by atoms with Crippen LogP contribution >= 0.6 is 0 Å². The minimum Gasteiger partial charge on any atom is -0.495 e. The zero-order chi connectivity index (χ0) is 54.5. The highest BCUT2D eigenvalue weighted by Crippen LogP contribution is 2.35. The number of hydrogen-bond donors (Lipinski definition) is 2. The molecule has 416 valence electrons. The molecule has 0 saturated carbocycles. The topological polar surface area (TPSA) is 120 Å². The summed E-state index contributed by atoms with van der Waals surface area (Å²) in [5.41, 5.74) is 3.60. The van der Waals surface area contributed by atoms with Gasteiger partial charge >= 0.3 is 0 Å². The van der Waals surface area contributed by atoms with Gasteiger partial charge in [0.1, 0.15) is 23.1 Å². The highest BCUT2D eigenvalue weighted by molar-refractivity contribution is 5.94. The smallest absolute Gasteiger partial charge is 0.227 e. The fraction of sp³-hybridized carbons (Fsp3) is 0.667. The van der Waals surface area contributed by atoms with Gasteiger partial charge in [0.2, 0.25) is 11.9 Å². The molecule has 4 fully saturated rings. The molecule has 2 aromatic heterocycles. The summed E-state index contributed by atoms with van der Waals surface area (Å²) >= 11 is 0. The first kappa shape index (κ1) is 58.5. The zero-order valence-electron chi connectivity index (χ0n) is 49.1. The van der Waals surface area contributed by atoms with Gasteiger partial charge in [-0.3, -0.25) is 0 Å². The molecule has 4 aromatic rings. The van der Waals surface area contributed by atoms with E-state index in [1.54, 1.807) is 14.2 Å². The zero-order valence-corrected chi connectivity index (χ0v) is 49.1. The third kappa shape index (κ3) is 16.0. The lowest BCUT2D eigenvalue weighted by Gasteiger charge is -2.36. The molecule has 4 saturated heterocycles. The fourth-order valence-corrected chi connectivity index (χ4v) is 10.9. The summed E-state index contributed by atoms with van der Waals surface area (Å²) in [7, 11) is 20.4. The van der Waals surface area contributed by atoms with Gasteiger partial charge in [0.05, 0.1) is 36.4 Å². The highest BCUT2D eigenvalue weighted by atomic mass is 16.5. The first-order chi connectivity index (χ1) is 36.5. The molecule has 0 amide bonds. The Kier molecular flexibility index (Phi) is 21.5. The summed E-state index contributed by atoms with van der Waals surface area (Å²) < 4.78 is 11.6. The first-order valence-electron chi connectivity index (χ1n) is 28.4. The second kappa shape index (κ2) is 27.9. The van der Waals surface area contributed by atoms with Crippen molar-refractivity contribution in [3.8, 4) is 35.2 Å². The number of rotatable bonds is 16. The normalized spacial score (nSPS) is 17.9. The van der Waals surface area contributed by atoms with Gasteiger partial charge in [-0.25, -0.2) is 9.97 Å². The molecular formula is C60H94N14O2. The number of anilines is 4. The molecule has 16 heteroatoms. The lowest BCUT2D eigenvalue weighted by Crippen LogP contribution is -2.43. The molecule has 16 nitrogen and oxygen atoms in total. The molecular weight excluding hydrogens is 949 g/mol. The molecule has 2 N–H and O–H groups in total. The van der Waals surface area contributed by atoms with E-state index in [0.29, 0.717) is 36.3 Å². The molecule has 6 heterocycles. The average Bonchev–Trinajstić information content (AvgIpc) is 3.41. The van der Waals surface area contributed by atoms with Gasteiger partial charge in [-0.1, -0.05) is 23.7 Å². The van der Waals surface area contributed by atoms with Gasteiger partial charge < -0.3 is 59.3 Å². The third-order valence-electron chi connectivity index (χ3n) is 16.0. The number of nitrogens with one attached hydrogen (secondary N) is 2. The minimum atomic E-state index is 0.395. The van der Waals surface area contributed by atoms with Crippen LogP contribution in [0.4, 0.5) is 23.5 Å². The van der Waals surface area contributed by atoms with Gasteiger partial charge in [0.25, 0.3) is 0 Å². The van der Waals surface area contributed by atoms with Crippen molar-refractivity contribution in [2.45, 2.75) is 128 Å². The Bertz CT molecular complexity index is 2420. The first-order valence-corrected chi connectivity index (χ1v) is 28.4. The van der Waals surface area contributed by atoms with E-state index < -0.39 is 0 Å². The summed E-state index contributed by atoms with van der Waals surface area (Å²) in [5, 5.41) is 9.63. The maximum absolute atomic E-state index is 5.78. The van der Waals surface area contributed by atoms with Crippen LogP contribution < -0.4 is 29.9 Å². The molecule has 4 aliphatic rings. The number of likely N-dealkylation sites (tertiary alicyclic amines) is 2. The van der Waals surface area contributed by atoms with E-state index in [-0.39, 0.29) is 0 Å². The number of piperidine rings is 4. The van der Waals surface area contributed by atoms with Crippen LogP contribution in [-0.2, 0) is 0 Å². The number of ether oxygens (including phenoxy) is 2. The van der Waals surface area contributed by atoms with Crippen molar-refractivity contribution in [3.05, 3.63) is 35.4 Å². The molecule has 0 spiro atoms. The maximum Gasteiger partial charge on any atom is 0.227 e. The quantitative estimate of drug-likeness (QED) is 0.108. The van der Waals surface area contributed by atoms with Crippen LogP contribution in [0.25, 0.3) is 21.8 Å². The van der Waals surface area contributed by atoms with E-state index in [1.165, 1.54) is 0 Å². The number of nitrogens with zero attached hydrogens (tertiary/aromatic N) is 12. The average molecular weight is 1040 g/mol. The van der Waals surface area contributed by atoms with E-state index in [0.717, 1.165) is 198 Å². The Morgan fingerprint density at radius 2 is 0.868 bits per heavy atom. The monoisotopic (exact) mass is 1040 g/mol. The van der Waals surface area contributed by atoms with Crippen LogP contribution in [0.1, 0.15) is 103 Å².